The highest BCUT2D eigenvalue weighted by atomic mass is 35.5. The zero-order valence-corrected chi connectivity index (χ0v) is 17.3. The second-order valence-electron chi connectivity index (χ2n) is 6.99. The van der Waals surface area contributed by atoms with Crippen molar-refractivity contribution in [1.29, 1.82) is 0 Å². The van der Waals surface area contributed by atoms with E-state index in [-0.39, 0.29) is 0 Å². The van der Waals surface area contributed by atoms with Gasteiger partial charge in [-0.3, -0.25) is 0 Å². The van der Waals surface area contributed by atoms with Gasteiger partial charge in [0.15, 0.2) is 0 Å². The Kier molecular flexibility index (Phi) is 5.82. The topological polar surface area (TPSA) is 44.6 Å². The summed E-state index contributed by atoms with van der Waals surface area (Å²) in [6.07, 6.45) is 0. The van der Waals surface area contributed by atoms with Crippen LogP contribution in [0.15, 0.2) is 102 Å². The number of anilines is 2. The van der Waals surface area contributed by atoms with Crippen molar-refractivity contribution in [3.8, 4) is 11.1 Å². The highest BCUT2D eigenvalue weighted by molar-refractivity contribution is 6.35. The third kappa shape index (κ3) is 4.07. The monoisotopic (exact) mass is 412 g/mol. The van der Waals surface area contributed by atoms with Crippen LogP contribution in [0.2, 0.25) is 5.02 Å². The van der Waals surface area contributed by atoms with E-state index < -0.39 is 0 Å². The van der Waals surface area contributed by atoms with Crippen LogP contribution in [0.3, 0.4) is 0 Å². The molecule has 0 heterocycles. The predicted octanol–water partition coefficient (Wildman–Crippen LogP) is 7.29. The van der Waals surface area contributed by atoms with E-state index in [2.05, 4.69) is 28.7 Å². The van der Waals surface area contributed by atoms with Crippen molar-refractivity contribution in [2.75, 3.05) is 5.32 Å². The first kappa shape index (κ1) is 19.7. The van der Waals surface area contributed by atoms with Crippen LogP contribution in [0.25, 0.3) is 11.1 Å². The Morgan fingerprint density at radius 1 is 0.800 bits per heavy atom. The Balaban J connectivity index is 1.67. The number of hydrogen-bond donors (Lipinski definition) is 2. The SMILES string of the molecule is Cc1ccccc1/C(=N/O)c1ccc(Nc2ccccc2-c2ccccc2)cc1Cl. The van der Waals surface area contributed by atoms with E-state index >= 15 is 0 Å². The van der Waals surface area contributed by atoms with E-state index in [1.807, 2.05) is 85.8 Å². The van der Waals surface area contributed by atoms with Crippen LogP contribution in [-0.2, 0) is 0 Å². The third-order valence-corrected chi connectivity index (χ3v) is 5.33. The van der Waals surface area contributed by atoms with Crippen LogP contribution in [0.1, 0.15) is 16.7 Å². The van der Waals surface area contributed by atoms with E-state index in [9.17, 15) is 5.21 Å². The van der Waals surface area contributed by atoms with Gasteiger partial charge in [-0.2, -0.15) is 0 Å². The number of rotatable bonds is 5. The Morgan fingerprint density at radius 2 is 1.50 bits per heavy atom. The van der Waals surface area contributed by atoms with Gasteiger partial charge in [-0.25, -0.2) is 0 Å². The Morgan fingerprint density at radius 3 is 2.23 bits per heavy atom. The molecular formula is C26H21ClN2O. The summed E-state index contributed by atoms with van der Waals surface area (Å²) >= 11 is 6.60. The summed E-state index contributed by atoms with van der Waals surface area (Å²) in [6, 6.07) is 31.8. The van der Waals surface area contributed by atoms with E-state index in [0.717, 1.165) is 33.6 Å². The second kappa shape index (κ2) is 8.85. The molecule has 0 fully saturated rings. The zero-order valence-electron chi connectivity index (χ0n) is 16.5. The van der Waals surface area contributed by atoms with Crippen LogP contribution in [0.4, 0.5) is 11.4 Å². The molecule has 30 heavy (non-hydrogen) atoms. The molecule has 0 bridgehead atoms. The smallest absolute Gasteiger partial charge is 0.118 e. The van der Waals surface area contributed by atoms with Crippen molar-refractivity contribution in [1.82, 2.24) is 0 Å². The molecule has 3 nitrogen and oxygen atoms in total. The number of benzene rings is 4. The van der Waals surface area contributed by atoms with E-state index in [4.69, 9.17) is 11.6 Å². The van der Waals surface area contributed by atoms with Gasteiger partial charge in [-0.1, -0.05) is 89.6 Å². The molecule has 0 aliphatic carbocycles. The molecule has 0 aliphatic heterocycles. The summed E-state index contributed by atoms with van der Waals surface area (Å²) in [5, 5.41) is 17.2. The summed E-state index contributed by atoms with van der Waals surface area (Å²) in [5.41, 5.74) is 7.08. The molecule has 0 radical (unpaired) electrons. The maximum absolute atomic E-state index is 9.66. The van der Waals surface area contributed by atoms with E-state index in [1.54, 1.807) is 0 Å². The quantitative estimate of drug-likeness (QED) is 0.205. The minimum absolute atomic E-state index is 0.453. The third-order valence-electron chi connectivity index (χ3n) is 5.02. The molecule has 0 atom stereocenters. The Labute approximate surface area is 181 Å². The maximum atomic E-state index is 9.66. The lowest BCUT2D eigenvalue weighted by Crippen LogP contribution is -2.06. The van der Waals surface area contributed by atoms with E-state index in [0.29, 0.717) is 16.3 Å². The average molecular weight is 413 g/mol. The van der Waals surface area contributed by atoms with Gasteiger partial charge in [0.1, 0.15) is 5.71 Å². The van der Waals surface area contributed by atoms with Gasteiger partial charge >= 0.3 is 0 Å². The first-order valence-corrected chi connectivity index (χ1v) is 10.0. The molecule has 0 spiro atoms. The van der Waals surface area contributed by atoms with Gasteiger partial charge in [-0.15, -0.1) is 0 Å². The summed E-state index contributed by atoms with van der Waals surface area (Å²) in [6.45, 7) is 1.98. The van der Waals surface area contributed by atoms with Crippen LogP contribution in [0.5, 0.6) is 0 Å². The summed E-state index contributed by atoms with van der Waals surface area (Å²) in [5.74, 6) is 0. The number of nitrogens with one attached hydrogen (secondary N) is 1. The molecule has 2 N–H and O–H groups in total. The molecule has 4 rings (SSSR count). The van der Waals surface area contributed by atoms with Gasteiger partial charge < -0.3 is 10.5 Å². The molecule has 4 aromatic rings. The fourth-order valence-electron chi connectivity index (χ4n) is 3.49. The lowest BCUT2D eigenvalue weighted by Gasteiger charge is -2.14. The van der Waals surface area contributed by atoms with Crippen LogP contribution in [0, 0.1) is 6.92 Å². The molecular weight excluding hydrogens is 392 g/mol. The molecule has 4 heteroatoms. The summed E-state index contributed by atoms with van der Waals surface area (Å²) in [4.78, 5) is 0. The molecule has 0 aliphatic rings. The number of nitrogens with zero attached hydrogens (tertiary/aromatic N) is 1. The van der Waals surface area contributed by atoms with Crippen LogP contribution < -0.4 is 5.32 Å². The van der Waals surface area contributed by atoms with Crippen molar-refractivity contribution < 1.29 is 5.21 Å². The molecule has 4 aromatic carbocycles. The van der Waals surface area contributed by atoms with Crippen molar-refractivity contribution >= 4 is 28.7 Å². The molecule has 0 aromatic heterocycles. The Hall–Kier alpha value is -3.56. The summed E-state index contributed by atoms with van der Waals surface area (Å²) < 4.78 is 0. The minimum atomic E-state index is 0.453. The highest BCUT2D eigenvalue weighted by Gasteiger charge is 2.14. The highest BCUT2D eigenvalue weighted by Crippen LogP contribution is 2.32. The average Bonchev–Trinajstić information content (AvgIpc) is 2.78. The van der Waals surface area contributed by atoms with Crippen molar-refractivity contribution in [3.05, 3.63) is 119 Å². The van der Waals surface area contributed by atoms with Gasteiger partial charge in [0.2, 0.25) is 0 Å². The number of aryl methyl sites for hydroxylation is 1. The molecule has 0 saturated heterocycles. The van der Waals surface area contributed by atoms with E-state index in [1.165, 1.54) is 0 Å². The van der Waals surface area contributed by atoms with Crippen molar-refractivity contribution in [2.45, 2.75) is 6.92 Å². The first-order chi connectivity index (χ1) is 14.7. The lowest BCUT2D eigenvalue weighted by molar-refractivity contribution is 0.319. The number of para-hydroxylation sites is 1. The second-order valence-corrected chi connectivity index (χ2v) is 7.40. The van der Waals surface area contributed by atoms with Gasteiger partial charge in [0.25, 0.3) is 0 Å². The summed E-state index contributed by atoms with van der Waals surface area (Å²) in [7, 11) is 0. The fourth-order valence-corrected chi connectivity index (χ4v) is 3.76. The first-order valence-electron chi connectivity index (χ1n) is 9.67. The fraction of sp³-hybridized carbons (Fsp3) is 0.0385. The van der Waals surface area contributed by atoms with Gasteiger partial charge in [0, 0.05) is 28.1 Å². The minimum Gasteiger partial charge on any atom is -0.410 e. The standard InChI is InChI=1S/C26H21ClN2O/c1-18-9-5-6-12-21(18)26(29-30)23-16-15-20(17-24(23)27)28-25-14-8-7-13-22(25)19-10-3-2-4-11-19/h2-17,28,30H,1H3/b29-26-. The molecule has 148 valence electrons. The largest absolute Gasteiger partial charge is 0.410 e. The molecule has 0 saturated carbocycles. The number of hydrogen-bond acceptors (Lipinski definition) is 3. The maximum Gasteiger partial charge on any atom is 0.118 e. The zero-order chi connectivity index (χ0) is 20.9. The van der Waals surface area contributed by atoms with Crippen molar-refractivity contribution in [2.24, 2.45) is 5.16 Å². The normalized spacial score (nSPS) is 11.3. The van der Waals surface area contributed by atoms with Gasteiger partial charge in [-0.05, 0) is 42.3 Å². The predicted molar refractivity (Wildman–Crippen MR) is 125 cm³/mol. The van der Waals surface area contributed by atoms with Crippen molar-refractivity contribution in [3.63, 3.8) is 0 Å². The van der Waals surface area contributed by atoms with Crippen LogP contribution in [-0.4, -0.2) is 10.9 Å². The van der Waals surface area contributed by atoms with Gasteiger partial charge in [0.05, 0.1) is 5.02 Å². The number of halogens is 1. The lowest BCUT2D eigenvalue weighted by atomic mass is 9.98. The molecule has 0 amide bonds. The Bertz CT molecular complexity index is 1200. The molecule has 0 unspecified atom stereocenters. The van der Waals surface area contributed by atoms with Crippen LogP contribution >= 0.6 is 11.6 Å². The number of oxime groups is 1.